The van der Waals surface area contributed by atoms with Crippen molar-refractivity contribution in [2.45, 2.75) is 58.2 Å². The highest BCUT2D eigenvalue weighted by Gasteiger charge is 2.38. The maximum atomic E-state index is 13.1. The third kappa shape index (κ3) is 7.73. The summed E-state index contributed by atoms with van der Waals surface area (Å²) < 4.78 is 8.63. The molecule has 1 aliphatic rings. The largest absolute Gasteiger partial charge is 0.480 e. The minimum atomic E-state index is -1.23. The Balaban J connectivity index is 2.15. The normalized spacial score (nSPS) is 18.9. The van der Waals surface area contributed by atoms with Crippen molar-refractivity contribution in [2.24, 2.45) is 11.7 Å². The lowest BCUT2D eigenvalue weighted by molar-refractivity contribution is -0.150. The molecule has 188 valence electrons. The number of amides is 4. The SMILES string of the molecule is Cc1nnsc1C(=O)N[C@@H]1CCN(C(=O)COCC(=O)O)[C@H](C(=O)N[C@H](CC(C)C)C(N)=O)C1. The van der Waals surface area contributed by atoms with Crippen molar-refractivity contribution in [3.8, 4) is 0 Å². The van der Waals surface area contributed by atoms with Crippen LogP contribution in [0.4, 0.5) is 0 Å². The molecule has 1 aliphatic heterocycles. The zero-order valence-electron chi connectivity index (χ0n) is 19.3. The van der Waals surface area contributed by atoms with Gasteiger partial charge in [-0.1, -0.05) is 18.3 Å². The highest BCUT2D eigenvalue weighted by atomic mass is 32.1. The number of carboxylic acid groups (broad SMARTS) is 1. The molecule has 14 heteroatoms. The standard InChI is InChI=1S/C20H30N6O7S/c1-10(2)6-13(18(21)30)23-19(31)14-7-12(22-20(32)17-11(3)24-25-34-17)4-5-26(14)15(27)8-33-9-16(28)29/h10,12-14H,4-9H2,1-3H3,(H2,21,30)(H,22,32)(H,23,31)(H,28,29)/t12-,13-,14+/m1/s1. The first-order valence-corrected chi connectivity index (χ1v) is 11.5. The molecule has 2 heterocycles. The van der Waals surface area contributed by atoms with Gasteiger partial charge in [-0.2, -0.15) is 0 Å². The number of hydrogen-bond acceptors (Lipinski definition) is 9. The Morgan fingerprint density at radius 2 is 1.97 bits per heavy atom. The number of hydrogen-bond donors (Lipinski definition) is 4. The van der Waals surface area contributed by atoms with Crippen LogP contribution in [0.3, 0.4) is 0 Å². The van der Waals surface area contributed by atoms with E-state index in [-0.39, 0.29) is 24.8 Å². The Hall–Kier alpha value is -3.13. The molecule has 0 saturated carbocycles. The molecular weight excluding hydrogens is 468 g/mol. The zero-order chi connectivity index (χ0) is 25.4. The molecule has 3 atom stereocenters. The number of carbonyl (C=O) groups is 5. The summed E-state index contributed by atoms with van der Waals surface area (Å²) in [5.41, 5.74) is 5.92. The van der Waals surface area contributed by atoms with Crippen LogP contribution in [0.15, 0.2) is 0 Å². The first-order chi connectivity index (χ1) is 16.0. The van der Waals surface area contributed by atoms with E-state index in [1.807, 2.05) is 13.8 Å². The van der Waals surface area contributed by atoms with Gasteiger partial charge >= 0.3 is 5.97 Å². The number of likely N-dealkylation sites (tertiary alicyclic amines) is 1. The Bertz CT molecular complexity index is 921. The molecule has 2 rings (SSSR count). The van der Waals surface area contributed by atoms with E-state index in [4.69, 9.17) is 15.6 Å². The maximum absolute atomic E-state index is 13.1. The number of aromatic nitrogens is 2. The van der Waals surface area contributed by atoms with Crippen molar-refractivity contribution in [3.63, 3.8) is 0 Å². The van der Waals surface area contributed by atoms with Crippen LogP contribution in [-0.2, 0) is 23.9 Å². The van der Waals surface area contributed by atoms with Gasteiger partial charge < -0.3 is 31.1 Å². The lowest BCUT2D eigenvalue weighted by Crippen LogP contribution is -2.60. The van der Waals surface area contributed by atoms with Gasteiger partial charge in [0.05, 0.1) is 5.69 Å². The third-order valence-corrected chi connectivity index (χ3v) is 6.06. The van der Waals surface area contributed by atoms with E-state index >= 15 is 0 Å². The fourth-order valence-electron chi connectivity index (χ4n) is 3.63. The molecule has 1 fully saturated rings. The minimum Gasteiger partial charge on any atom is -0.480 e. The summed E-state index contributed by atoms with van der Waals surface area (Å²) >= 11 is 0.955. The van der Waals surface area contributed by atoms with Crippen LogP contribution in [0.2, 0.25) is 0 Å². The third-order valence-electron chi connectivity index (χ3n) is 5.24. The Morgan fingerprint density at radius 3 is 2.53 bits per heavy atom. The van der Waals surface area contributed by atoms with Gasteiger partial charge in [-0.15, -0.1) is 5.10 Å². The molecule has 0 bridgehead atoms. The van der Waals surface area contributed by atoms with Gasteiger partial charge in [0.1, 0.15) is 30.2 Å². The average Bonchev–Trinajstić information content (AvgIpc) is 3.18. The number of nitrogens with two attached hydrogens (primary N) is 1. The Morgan fingerprint density at radius 1 is 1.26 bits per heavy atom. The smallest absolute Gasteiger partial charge is 0.329 e. The van der Waals surface area contributed by atoms with Crippen molar-refractivity contribution in [1.82, 2.24) is 25.1 Å². The predicted molar refractivity (Wildman–Crippen MR) is 120 cm³/mol. The van der Waals surface area contributed by atoms with E-state index in [2.05, 4.69) is 20.2 Å². The number of ether oxygens (including phenoxy) is 1. The maximum Gasteiger partial charge on any atom is 0.329 e. The van der Waals surface area contributed by atoms with Crippen LogP contribution in [0.25, 0.3) is 0 Å². The fourth-order valence-corrected chi connectivity index (χ4v) is 4.19. The van der Waals surface area contributed by atoms with Crippen molar-refractivity contribution in [2.75, 3.05) is 19.8 Å². The summed E-state index contributed by atoms with van der Waals surface area (Å²) in [4.78, 5) is 62.5. The molecule has 4 amide bonds. The fraction of sp³-hybridized carbons (Fsp3) is 0.650. The first kappa shape index (κ1) is 27.1. The zero-order valence-corrected chi connectivity index (χ0v) is 20.1. The van der Waals surface area contributed by atoms with Crippen molar-refractivity contribution in [1.29, 1.82) is 0 Å². The second-order valence-corrected chi connectivity index (χ2v) is 9.22. The van der Waals surface area contributed by atoms with Crippen molar-refractivity contribution < 1.29 is 33.8 Å². The molecule has 1 saturated heterocycles. The molecule has 0 spiro atoms. The second kappa shape index (κ2) is 12.4. The van der Waals surface area contributed by atoms with Gasteiger partial charge in [0.15, 0.2) is 0 Å². The lowest BCUT2D eigenvalue weighted by atomic mass is 9.95. The molecule has 5 N–H and O–H groups in total. The lowest BCUT2D eigenvalue weighted by Gasteiger charge is -2.39. The van der Waals surface area contributed by atoms with Gasteiger partial charge in [-0.05, 0) is 43.6 Å². The number of primary amides is 1. The molecule has 13 nitrogen and oxygen atoms in total. The van der Waals surface area contributed by atoms with Crippen LogP contribution in [0.5, 0.6) is 0 Å². The van der Waals surface area contributed by atoms with E-state index < -0.39 is 55.0 Å². The van der Waals surface area contributed by atoms with Crippen LogP contribution in [0, 0.1) is 12.8 Å². The van der Waals surface area contributed by atoms with E-state index in [0.29, 0.717) is 23.4 Å². The van der Waals surface area contributed by atoms with Crippen LogP contribution in [-0.4, -0.2) is 87.1 Å². The molecule has 0 aromatic carbocycles. The van der Waals surface area contributed by atoms with E-state index in [9.17, 15) is 24.0 Å². The second-order valence-electron chi connectivity index (χ2n) is 8.46. The van der Waals surface area contributed by atoms with Gasteiger partial charge in [0, 0.05) is 12.6 Å². The number of aliphatic carboxylic acids is 1. The summed E-state index contributed by atoms with van der Waals surface area (Å²) in [6, 6.07) is -2.38. The molecule has 0 unspecified atom stereocenters. The van der Waals surface area contributed by atoms with Crippen LogP contribution >= 0.6 is 11.5 Å². The number of rotatable bonds is 11. The topological polar surface area (TPSA) is 194 Å². The van der Waals surface area contributed by atoms with Gasteiger partial charge in [0.25, 0.3) is 5.91 Å². The first-order valence-electron chi connectivity index (χ1n) is 10.8. The van der Waals surface area contributed by atoms with Gasteiger partial charge in [0.2, 0.25) is 17.7 Å². The summed E-state index contributed by atoms with van der Waals surface area (Å²) in [6.45, 7) is 4.34. The van der Waals surface area contributed by atoms with Gasteiger partial charge in [-0.3, -0.25) is 19.2 Å². The van der Waals surface area contributed by atoms with Crippen LogP contribution in [0.1, 0.15) is 48.5 Å². The summed E-state index contributed by atoms with van der Waals surface area (Å²) in [5.74, 6) is -3.39. The summed E-state index contributed by atoms with van der Waals surface area (Å²) in [7, 11) is 0. The quantitative estimate of drug-likeness (QED) is 0.297. The average molecular weight is 499 g/mol. The minimum absolute atomic E-state index is 0.0783. The summed E-state index contributed by atoms with van der Waals surface area (Å²) in [5, 5.41) is 18.0. The Kier molecular flexibility index (Phi) is 9.86. The van der Waals surface area contributed by atoms with E-state index in [0.717, 1.165) is 11.5 Å². The number of piperidine rings is 1. The summed E-state index contributed by atoms with van der Waals surface area (Å²) in [6.07, 6.45) is 0.763. The number of nitrogens with zero attached hydrogens (tertiary/aromatic N) is 3. The number of carboxylic acids is 1. The van der Waals surface area contributed by atoms with Crippen LogP contribution < -0.4 is 16.4 Å². The molecular formula is C20H30N6O7S. The molecule has 1 aromatic heterocycles. The van der Waals surface area contributed by atoms with Gasteiger partial charge in [-0.25, -0.2) is 4.79 Å². The monoisotopic (exact) mass is 498 g/mol. The van der Waals surface area contributed by atoms with Crippen molar-refractivity contribution >= 4 is 41.1 Å². The number of aryl methyl sites for hydroxylation is 1. The Labute approximate surface area is 200 Å². The predicted octanol–water partition coefficient (Wildman–Crippen LogP) is -0.947. The molecule has 34 heavy (non-hydrogen) atoms. The van der Waals surface area contributed by atoms with Crippen molar-refractivity contribution in [3.05, 3.63) is 10.6 Å². The molecule has 0 radical (unpaired) electrons. The number of carbonyl (C=O) groups excluding carboxylic acids is 4. The molecule has 0 aliphatic carbocycles. The highest BCUT2D eigenvalue weighted by Crippen LogP contribution is 2.20. The van der Waals surface area contributed by atoms with E-state index in [1.54, 1.807) is 6.92 Å². The highest BCUT2D eigenvalue weighted by molar-refractivity contribution is 7.08. The molecule has 1 aromatic rings. The van der Waals surface area contributed by atoms with E-state index in [1.165, 1.54) is 4.90 Å². The number of nitrogens with one attached hydrogen (secondary N) is 2.